The van der Waals surface area contributed by atoms with Crippen molar-refractivity contribution in [3.05, 3.63) is 69.5 Å². The standard InChI is InChI=1S/C26H22ClN3O5S/c1-13-2-4-16(5-3-13)36(33,34)30-11-14-6-7-28-22-20(14)24(30)25(32)23-21(22)26-9-15(29-23)12-35-19(26)8-18(31)17(27)10-26/h2-5,10-11,15,19,28H,6-9,12H2,1H3/t15-,19-,26+/m0/s1. The van der Waals surface area contributed by atoms with E-state index in [9.17, 15) is 18.0 Å². The predicted molar refractivity (Wildman–Crippen MR) is 133 cm³/mol. The third-order valence-corrected chi connectivity index (χ3v) is 9.92. The van der Waals surface area contributed by atoms with Crippen molar-refractivity contribution in [3.8, 4) is 0 Å². The van der Waals surface area contributed by atoms with Crippen LogP contribution in [0.2, 0.25) is 0 Å². The van der Waals surface area contributed by atoms with E-state index >= 15 is 0 Å². The second-order valence-electron chi connectivity index (χ2n) is 10.1. The van der Waals surface area contributed by atoms with Gasteiger partial charge in [-0.05, 0) is 43.5 Å². The Balaban J connectivity index is 1.52. The largest absolute Gasteiger partial charge is 0.384 e. The smallest absolute Gasteiger partial charge is 0.268 e. The van der Waals surface area contributed by atoms with Crippen LogP contribution in [0.3, 0.4) is 0 Å². The number of fused-ring (bicyclic) bond motifs is 2. The number of ketones is 2. The topological polar surface area (TPSA) is 107 Å². The Morgan fingerprint density at radius 2 is 2.00 bits per heavy atom. The number of halogens is 1. The van der Waals surface area contributed by atoms with Crippen molar-refractivity contribution in [2.24, 2.45) is 10.4 Å². The molecular formula is C26H22ClN3O5S. The third kappa shape index (κ3) is 2.79. The van der Waals surface area contributed by atoms with E-state index in [0.29, 0.717) is 42.8 Å². The highest BCUT2D eigenvalue weighted by molar-refractivity contribution is 7.90. The van der Waals surface area contributed by atoms with Crippen LogP contribution in [0.15, 0.2) is 57.0 Å². The van der Waals surface area contributed by atoms with Gasteiger partial charge in [0.1, 0.15) is 11.4 Å². The van der Waals surface area contributed by atoms with Gasteiger partial charge in [-0.2, -0.15) is 0 Å². The Bertz CT molecular complexity index is 1600. The monoisotopic (exact) mass is 523 g/mol. The summed E-state index contributed by atoms with van der Waals surface area (Å²) in [6.07, 6.45) is 4.12. The molecule has 2 bridgehead atoms. The Hall–Kier alpha value is -3.01. The number of rotatable bonds is 2. The molecule has 10 heteroatoms. The van der Waals surface area contributed by atoms with Crippen molar-refractivity contribution in [1.29, 1.82) is 0 Å². The molecule has 4 heterocycles. The number of aliphatic imine (C=N–C) groups is 1. The number of nitrogens with one attached hydrogen (secondary N) is 1. The number of carbonyl (C=O) groups excluding carboxylic acids is 2. The quantitative estimate of drug-likeness (QED) is 0.648. The van der Waals surface area contributed by atoms with Gasteiger partial charge in [0.05, 0.1) is 34.4 Å². The van der Waals surface area contributed by atoms with Gasteiger partial charge in [-0.15, -0.1) is 0 Å². The lowest BCUT2D eigenvalue weighted by molar-refractivity contribution is -0.125. The SMILES string of the molecule is Cc1ccc(S(=O)(=O)n2cc3c4c2C(=O)C2=N[C@@H]5CO[C@H]6CC(=O)C(Cl)=C[C@@]6(C5)C2=C4NCC3)cc1. The summed E-state index contributed by atoms with van der Waals surface area (Å²) in [5.41, 5.74) is 3.21. The molecule has 5 aliphatic rings. The van der Waals surface area contributed by atoms with Gasteiger partial charge in [0.2, 0.25) is 5.78 Å². The minimum atomic E-state index is -4.02. The van der Waals surface area contributed by atoms with Crippen LogP contribution in [-0.2, 0) is 26.0 Å². The summed E-state index contributed by atoms with van der Waals surface area (Å²) in [7, 11) is -4.02. The number of carbonyl (C=O) groups is 2. The van der Waals surface area contributed by atoms with Crippen LogP contribution in [0.5, 0.6) is 0 Å². The van der Waals surface area contributed by atoms with E-state index in [1.807, 2.05) is 6.92 Å². The minimum Gasteiger partial charge on any atom is -0.384 e. The predicted octanol–water partition coefficient (Wildman–Crippen LogP) is 2.78. The molecular weight excluding hydrogens is 502 g/mol. The number of Topliss-reactive ketones (excluding diaryl/α,β-unsaturated/α-hetero) is 2. The van der Waals surface area contributed by atoms with E-state index in [-0.39, 0.29) is 39.6 Å². The van der Waals surface area contributed by atoms with Crippen LogP contribution in [0.1, 0.15) is 40.0 Å². The zero-order valence-corrected chi connectivity index (χ0v) is 20.9. The summed E-state index contributed by atoms with van der Waals surface area (Å²) >= 11 is 6.38. The summed E-state index contributed by atoms with van der Waals surface area (Å²) in [5, 5.41) is 3.57. The number of allylic oxidation sites excluding steroid dienone is 1. The van der Waals surface area contributed by atoms with Crippen molar-refractivity contribution in [2.75, 3.05) is 13.2 Å². The van der Waals surface area contributed by atoms with Gasteiger partial charge in [0, 0.05) is 35.7 Å². The third-order valence-electron chi connectivity index (χ3n) is 7.93. The van der Waals surface area contributed by atoms with Gasteiger partial charge < -0.3 is 10.1 Å². The van der Waals surface area contributed by atoms with Crippen molar-refractivity contribution < 1.29 is 22.7 Å². The lowest BCUT2D eigenvalue weighted by Crippen LogP contribution is -2.56. The van der Waals surface area contributed by atoms with E-state index in [1.165, 1.54) is 0 Å². The van der Waals surface area contributed by atoms with Crippen molar-refractivity contribution in [2.45, 2.75) is 43.2 Å². The second-order valence-corrected chi connectivity index (χ2v) is 12.3. The molecule has 7 rings (SSSR count). The Morgan fingerprint density at radius 1 is 1.22 bits per heavy atom. The number of benzene rings is 1. The van der Waals surface area contributed by atoms with Gasteiger partial charge in [-0.3, -0.25) is 14.6 Å². The van der Waals surface area contributed by atoms with Gasteiger partial charge >= 0.3 is 0 Å². The summed E-state index contributed by atoms with van der Waals surface area (Å²) in [4.78, 5) is 31.4. The van der Waals surface area contributed by atoms with Crippen LogP contribution >= 0.6 is 11.6 Å². The molecule has 8 nitrogen and oxygen atoms in total. The maximum Gasteiger partial charge on any atom is 0.268 e. The van der Waals surface area contributed by atoms with E-state index < -0.39 is 27.3 Å². The first-order valence-electron chi connectivity index (χ1n) is 11.9. The zero-order valence-electron chi connectivity index (χ0n) is 19.4. The van der Waals surface area contributed by atoms with E-state index in [0.717, 1.165) is 15.1 Å². The van der Waals surface area contributed by atoms with Crippen LogP contribution in [0, 0.1) is 12.3 Å². The normalized spacial score (nSPS) is 28.5. The highest BCUT2D eigenvalue weighted by Crippen LogP contribution is 2.55. The molecule has 184 valence electrons. The van der Waals surface area contributed by atoms with E-state index in [4.69, 9.17) is 21.3 Å². The first kappa shape index (κ1) is 22.2. The molecule has 1 spiro atoms. The Morgan fingerprint density at radius 3 is 2.78 bits per heavy atom. The second kappa shape index (κ2) is 7.27. The van der Waals surface area contributed by atoms with E-state index in [1.54, 1.807) is 36.5 Å². The number of aromatic nitrogens is 1. The molecule has 1 aromatic heterocycles. The number of aryl methyl sites for hydroxylation is 1. The molecule has 1 fully saturated rings. The molecule has 3 atom stereocenters. The van der Waals surface area contributed by atoms with Gasteiger partial charge in [-0.1, -0.05) is 29.3 Å². The number of ether oxygens (including phenoxy) is 1. The average molecular weight is 524 g/mol. The zero-order chi connectivity index (χ0) is 25.0. The molecule has 0 amide bonds. The maximum absolute atomic E-state index is 14.1. The highest BCUT2D eigenvalue weighted by Gasteiger charge is 2.57. The number of hydrogen-bond donors (Lipinski definition) is 1. The fourth-order valence-corrected chi connectivity index (χ4v) is 7.95. The molecule has 36 heavy (non-hydrogen) atoms. The molecule has 0 unspecified atom stereocenters. The average Bonchev–Trinajstić information content (AvgIpc) is 3.25. The van der Waals surface area contributed by atoms with Crippen LogP contribution in [-0.4, -0.2) is 55.0 Å². The lowest BCUT2D eigenvalue weighted by atomic mass is 9.60. The Labute approximate surface area is 212 Å². The molecule has 0 radical (unpaired) electrons. The van der Waals surface area contributed by atoms with Crippen molar-refractivity contribution in [3.63, 3.8) is 0 Å². The fourth-order valence-electron chi connectivity index (χ4n) is 6.30. The van der Waals surface area contributed by atoms with E-state index in [2.05, 4.69) is 5.32 Å². The molecule has 2 aromatic rings. The molecule has 1 aromatic carbocycles. The minimum absolute atomic E-state index is 0.103. The molecule has 0 saturated carbocycles. The van der Waals surface area contributed by atoms with Gasteiger partial charge in [-0.25, -0.2) is 12.4 Å². The molecule has 1 N–H and O–H groups in total. The van der Waals surface area contributed by atoms with Crippen molar-refractivity contribution >= 4 is 44.6 Å². The van der Waals surface area contributed by atoms with Crippen LogP contribution < -0.4 is 5.32 Å². The maximum atomic E-state index is 14.1. The summed E-state index contributed by atoms with van der Waals surface area (Å²) < 4.78 is 34.7. The van der Waals surface area contributed by atoms with Gasteiger partial charge in [0.25, 0.3) is 10.0 Å². The number of hydrogen-bond acceptors (Lipinski definition) is 7. The Kier molecular flexibility index (Phi) is 4.49. The lowest BCUT2D eigenvalue weighted by Gasteiger charge is -2.51. The first-order chi connectivity index (χ1) is 17.2. The number of nitrogens with zero attached hydrogens (tertiary/aromatic N) is 2. The summed E-state index contributed by atoms with van der Waals surface area (Å²) in [6.45, 7) is 2.75. The first-order valence-corrected chi connectivity index (χ1v) is 13.7. The van der Waals surface area contributed by atoms with Crippen LogP contribution in [0.25, 0.3) is 5.70 Å². The molecule has 1 saturated heterocycles. The molecule has 3 aliphatic heterocycles. The summed E-state index contributed by atoms with van der Waals surface area (Å²) in [6, 6.07) is 6.29. The fraction of sp³-hybridized carbons (Fsp3) is 0.346. The van der Waals surface area contributed by atoms with Crippen molar-refractivity contribution in [1.82, 2.24) is 9.29 Å². The summed E-state index contributed by atoms with van der Waals surface area (Å²) in [5.74, 6) is -0.614. The van der Waals surface area contributed by atoms with Gasteiger partial charge in [0.15, 0.2) is 5.78 Å². The highest BCUT2D eigenvalue weighted by atomic mass is 35.5. The molecule has 2 aliphatic carbocycles. The van der Waals surface area contributed by atoms with Crippen LogP contribution in [0.4, 0.5) is 0 Å².